The quantitative estimate of drug-likeness (QED) is 0.0148. The molecule has 0 saturated carbocycles. The van der Waals surface area contributed by atoms with Gasteiger partial charge < -0.3 is 119 Å². The number of ether oxygens (including phenoxy) is 22. The average Bonchev–Trinajstić information content (AvgIpc) is 1.23. The highest BCUT2D eigenvalue weighted by Crippen LogP contribution is 2.12. The predicted molar refractivity (Wildman–Crippen MR) is 606 cm³/mol. The normalized spacial score (nSPS) is 9.78. The zero-order valence-electron chi connectivity index (χ0n) is 100. The molecule has 1 atom stereocenters. The molecule has 0 aromatic rings. The second-order valence-electron chi connectivity index (χ2n) is 32.5. The first kappa shape index (κ1) is 178. The molecular formula is C114H247N3O26. The summed E-state index contributed by atoms with van der Waals surface area (Å²) in [7, 11) is 30.4. The van der Waals surface area contributed by atoms with Crippen LogP contribution < -0.4 is 0 Å². The zero-order chi connectivity index (χ0) is 112. The number of carbonyl (C=O) groups is 3. The Hall–Kier alpha value is -3.56. The maximum absolute atomic E-state index is 10.8. The lowest BCUT2D eigenvalue weighted by atomic mass is 10.1. The van der Waals surface area contributed by atoms with Gasteiger partial charge in [-0.2, -0.15) is 0 Å². The van der Waals surface area contributed by atoms with Crippen molar-refractivity contribution in [2.45, 2.75) is 391 Å². The summed E-state index contributed by atoms with van der Waals surface area (Å²) < 4.78 is 107. The van der Waals surface area contributed by atoms with Crippen LogP contribution in [0.25, 0.3) is 10.4 Å². The Morgan fingerprint density at radius 3 is 0.776 bits per heavy atom. The number of allylic oxidation sites excluding steroid dienone is 1. The number of hydrogen-bond acceptors (Lipinski definition) is 27. The molecule has 29 nitrogen and oxygen atoms in total. The van der Waals surface area contributed by atoms with E-state index in [1.54, 1.807) is 148 Å². The van der Waals surface area contributed by atoms with Crippen molar-refractivity contribution in [2.24, 2.45) is 5.11 Å². The van der Waals surface area contributed by atoms with E-state index >= 15 is 0 Å². The Labute approximate surface area is 887 Å². The zero-order valence-corrected chi connectivity index (χ0v) is 100. The Morgan fingerprint density at radius 2 is 0.552 bits per heavy atom. The molecule has 1 N–H and O–H groups in total. The van der Waals surface area contributed by atoms with E-state index in [0.717, 1.165) is 189 Å². The van der Waals surface area contributed by atoms with Crippen LogP contribution in [-0.2, 0) is 119 Å². The van der Waals surface area contributed by atoms with E-state index in [2.05, 4.69) is 103 Å². The van der Waals surface area contributed by atoms with Gasteiger partial charge in [-0.05, 0) is 135 Å². The van der Waals surface area contributed by atoms with Crippen molar-refractivity contribution in [3.05, 3.63) is 35.8 Å². The van der Waals surface area contributed by atoms with Crippen molar-refractivity contribution in [2.75, 3.05) is 306 Å². The fourth-order valence-corrected chi connectivity index (χ4v) is 9.91. The minimum atomic E-state index is -0.273. The van der Waals surface area contributed by atoms with Crippen LogP contribution in [0, 0.1) is 12.3 Å². The van der Waals surface area contributed by atoms with Crippen LogP contribution in [0.5, 0.6) is 0 Å². The highest BCUT2D eigenvalue weighted by atomic mass is 16.6. The van der Waals surface area contributed by atoms with Crippen LogP contribution in [0.2, 0.25) is 0 Å². The molecule has 0 spiro atoms. The monoisotopic (exact) mass is 2070 g/mol. The number of terminal acetylenes is 1. The third-order valence-electron chi connectivity index (χ3n) is 18.2. The van der Waals surface area contributed by atoms with Crippen LogP contribution in [0.1, 0.15) is 385 Å². The number of aliphatic hydroxyl groups excluding tert-OH is 1. The molecule has 0 rings (SSSR count). The standard InChI is InChI=1S/C13H26O2.C12H26O.C10H22O4.C9H18O2.3C7H16O.C6H14O2.C6H12O2.C6H14O2.C6H12O.C5H12O2.C5H12O.C4H10O.C4H8O.C4H6O.C3H7N3O/c1-13(14)11-9-7-5-3-4-6-8-10-12-15-2;1-3-4-5-6-7-8-9-10-11-12-13-2;1-3-4-12-7-8-14-10-9-13-6-5-11-2;1-3-9(10)7-5-4-6-8-11-2;3*1-3-4-5-6-7-8-2;1-7-5-3-4-6-8-2;1-6(7)4-3-5-8-2;1-3-4-8-6-5-7-2;1-3-4-5-6-7-2;1-3-5(6)4-7-2;1-3-4-5-6-2;3*1-3-4-5-2;1-7-3-2-5-6-4/h3-12H2,1-2H3;3-12H2,1-2H3;3-10H2,1-2H3;3-8H2,1-2H3;3*3-7H2,1-2H3;3-6H2,1-2H3;3-5H2,1-2H3;3-6H2,1-2H3;3H,1,4-6H2,2H3;5-6H,3-4H2,1-2H3;3-5H2,1-2H3;3-4H2,1-2H3;3H,1,4H2,2H3;1H,4H2,2H3;2-3H2,1H3. The summed E-state index contributed by atoms with van der Waals surface area (Å²) >= 11 is 0. The molecule has 0 aromatic heterocycles. The third kappa shape index (κ3) is 315. The SMILES string of the molecule is C#CCOC.C=CCCCOC.C=CCOC.CCC(=O)CCCCCOC.CCC(O)COC.CCCCCCCCCCCOC.CCCCCCOC.CCCCCCOC.CCCCCCOC.CCCCOC.CCCOC.CCCOCCOC.CCCOCCOCCOCCOC.COCCCC(C)=O.COCCCCCCCCCCC(C)=O.COCCCCOC.COCCN=[N+]=[N-]. The van der Waals surface area contributed by atoms with E-state index in [0.29, 0.717) is 110 Å². The number of unbranched alkanes of at least 4 members (excludes halogenated alkanes) is 29. The lowest BCUT2D eigenvalue weighted by Crippen LogP contribution is -2.11. The number of hydrogen-bond donors (Lipinski definition) is 1. The summed E-state index contributed by atoms with van der Waals surface area (Å²) in [5.41, 5.74) is 7.70. The lowest BCUT2D eigenvalue weighted by molar-refractivity contribution is -0.119. The Balaban J connectivity index is -0.0000000794. The van der Waals surface area contributed by atoms with E-state index in [9.17, 15) is 14.4 Å². The number of ketones is 3. The van der Waals surface area contributed by atoms with E-state index in [1.807, 2.05) is 19.9 Å². The van der Waals surface area contributed by atoms with E-state index in [1.165, 1.54) is 193 Å². The topological polar surface area (TPSA) is 323 Å². The van der Waals surface area contributed by atoms with Gasteiger partial charge in [0.25, 0.3) is 0 Å². The van der Waals surface area contributed by atoms with Crippen molar-refractivity contribution in [3.8, 4) is 12.3 Å². The number of nitrogens with zero attached hydrogens (tertiary/aromatic N) is 3. The molecule has 0 aromatic carbocycles. The van der Waals surface area contributed by atoms with Gasteiger partial charge in [-0.1, -0.05) is 253 Å². The number of methoxy groups -OCH3 is 18. The summed E-state index contributed by atoms with van der Waals surface area (Å²) in [5.74, 6) is 3.24. The molecule has 0 aliphatic heterocycles. The first-order valence-corrected chi connectivity index (χ1v) is 54.5. The van der Waals surface area contributed by atoms with Crippen molar-refractivity contribution in [3.63, 3.8) is 0 Å². The van der Waals surface area contributed by atoms with Gasteiger partial charge in [0.2, 0.25) is 0 Å². The summed E-state index contributed by atoms with van der Waals surface area (Å²) in [4.78, 5) is 34.3. The second-order valence-corrected chi connectivity index (χ2v) is 32.5. The Kier molecular flexibility index (Phi) is 272. The van der Waals surface area contributed by atoms with Crippen molar-refractivity contribution in [1.29, 1.82) is 0 Å². The van der Waals surface area contributed by atoms with Crippen molar-refractivity contribution in [1.82, 2.24) is 0 Å². The molecule has 143 heavy (non-hydrogen) atoms. The molecule has 0 aliphatic carbocycles. The van der Waals surface area contributed by atoms with E-state index < -0.39 is 0 Å². The molecule has 0 saturated heterocycles. The average molecular weight is 2080 g/mol. The molecule has 0 radical (unpaired) electrons. The summed E-state index contributed by atoms with van der Waals surface area (Å²) in [6.07, 6.45) is 64.0. The number of rotatable bonds is 86. The number of carbonyl (C=O) groups excluding carboxylic acids is 3. The molecule has 1 unspecified atom stereocenters. The molecule has 0 heterocycles. The largest absolute Gasteiger partial charge is 0.391 e. The molecule has 0 amide bonds. The minimum absolute atomic E-state index is 0.238. The molecule has 29 heteroatoms. The first-order chi connectivity index (χ1) is 69.5. The predicted octanol–water partition coefficient (Wildman–Crippen LogP) is 27.4. The third-order valence-corrected chi connectivity index (χ3v) is 18.2. The smallest absolute Gasteiger partial charge is 0.132 e. The second kappa shape index (κ2) is 218. The number of azide groups is 1. The van der Waals surface area contributed by atoms with E-state index in [-0.39, 0.29) is 11.9 Å². The lowest BCUT2D eigenvalue weighted by Gasteiger charge is -2.05. The van der Waals surface area contributed by atoms with Gasteiger partial charge >= 0.3 is 0 Å². The van der Waals surface area contributed by atoms with Gasteiger partial charge in [-0.25, -0.2) is 0 Å². The van der Waals surface area contributed by atoms with Crippen LogP contribution in [-0.4, -0.2) is 335 Å². The van der Waals surface area contributed by atoms with Gasteiger partial charge in [-0.3, -0.25) is 4.79 Å². The van der Waals surface area contributed by atoms with Gasteiger partial charge in [0.1, 0.15) is 24.0 Å². The number of aliphatic hydroxyl groups is 1. The van der Waals surface area contributed by atoms with Gasteiger partial charge in [-0.15, -0.1) is 19.6 Å². The highest BCUT2D eigenvalue weighted by Gasteiger charge is 2.00. The van der Waals surface area contributed by atoms with Crippen LogP contribution in [0.3, 0.4) is 0 Å². The fraction of sp³-hybridized carbons (Fsp3) is 0.921. The van der Waals surface area contributed by atoms with Crippen molar-refractivity contribution < 1.29 is 124 Å². The molecule has 0 fully saturated rings. The molecular weight excluding hydrogens is 1830 g/mol. The molecule has 0 aliphatic rings. The summed E-state index contributed by atoms with van der Waals surface area (Å²) in [6, 6.07) is 0. The van der Waals surface area contributed by atoms with Gasteiger partial charge in [0.15, 0.2) is 0 Å². The van der Waals surface area contributed by atoms with Gasteiger partial charge in [0.05, 0.1) is 78.8 Å². The van der Waals surface area contributed by atoms with Crippen molar-refractivity contribution >= 4 is 17.3 Å². The fourth-order valence-electron chi connectivity index (χ4n) is 9.91. The summed E-state index contributed by atoms with van der Waals surface area (Å²) in [5, 5.41) is 12.0. The summed E-state index contributed by atoms with van der Waals surface area (Å²) in [6.45, 7) is 51.3. The Morgan fingerprint density at radius 1 is 0.294 bits per heavy atom. The minimum Gasteiger partial charge on any atom is -0.391 e. The van der Waals surface area contributed by atoms with Crippen LogP contribution >= 0.6 is 0 Å². The maximum atomic E-state index is 10.8. The maximum Gasteiger partial charge on any atom is 0.132 e. The van der Waals surface area contributed by atoms with Crippen LogP contribution in [0.4, 0.5) is 0 Å². The number of Topliss-reactive ketones (excluding diaryl/α,β-unsaturated/α-hetero) is 3. The Bertz CT molecular complexity index is 1900. The van der Waals surface area contributed by atoms with E-state index in [4.69, 9.17) is 102 Å². The molecule has 874 valence electrons. The molecule has 0 bridgehead atoms. The highest BCUT2D eigenvalue weighted by molar-refractivity contribution is 5.77. The van der Waals surface area contributed by atoms with Crippen LogP contribution in [0.15, 0.2) is 30.4 Å². The van der Waals surface area contributed by atoms with Gasteiger partial charge in [0, 0.05) is 258 Å². The first-order valence-electron chi connectivity index (χ1n) is 54.5.